The van der Waals surface area contributed by atoms with E-state index in [0.29, 0.717) is 0 Å². The van der Waals surface area contributed by atoms with E-state index < -0.39 is 14.0 Å². The predicted octanol–water partition coefficient (Wildman–Crippen LogP) is 3.02. The van der Waals surface area contributed by atoms with Crippen molar-refractivity contribution in [3.8, 4) is 11.7 Å². The highest BCUT2D eigenvalue weighted by Gasteiger charge is 2.18. The van der Waals surface area contributed by atoms with Gasteiger partial charge in [-0.05, 0) is 24.6 Å². The minimum absolute atomic E-state index is 0.0963. The first-order chi connectivity index (χ1) is 9.27. The second-order valence-corrected chi connectivity index (χ2v) is 10.9. The van der Waals surface area contributed by atoms with Crippen LogP contribution in [-0.4, -0.2) is 14.0 Å². The Kier molecular flexibility index (Phi) is 3.72. The zero-order chi connectivity index (χ0) is 14.9. The van der Waals surface area contributed by atoms with Crippen molar-refractivity contribution in [1.29, 1.82) is 0 Å². The van der Waals surface area contributed by atoms with Gasteiger partial charge in [-0.1, -0.05) is 37.0 Å². The molecule has 0 spiro atoms. The zero-order valence-corrected chi connectivity index (χ0v) is 13.2. The van der Waals surface area contributed by atoms with Gasteiger partial charge in [0, 0.05) is 6.07 Å². The van der Waals surface area contributed by atoms with Crippen LogP contribution < -0.4 is 15.7 Å². The predicted molar refractivity (Wildman–Crippen MR) is 81.5 cm³/mol. The maximum atomic E-state index is 11.0. The lowest BCUT2D eigenvalue weighted by Gasteiger charge is -2.18. The second-order valence-electron chi connectivity index (χ2n) is 5.82. The van der Waals surface area contributed by atoms with Crippen molar-refractivity contribution >= 4 is 19.2 Å². The molecule has 0 saturated heterocycles. The number of aryl methyl sites for hydroxylation is 1. The van der Waals surface area contributed by atoms with E-state index in [0.717, 1.165) is 11.3 Å². The van der Waals surface area contributed by atoms with E-state index in [1.165, 1.54) is 11.3 Å². The minimum atomic E-state index is -1.40. The van der Waals surface area contributed by atoms with Gasteiger partial charge in [-0.3, -0.25) is 4.79 Å². The SMILES string of the molecule is Cc1ccc([Si](C)(C)C)cc1Oc1ccc(C(N)=O)o1. The lowest BCUT2D eigenvalue weighted by atomic mass is 10.2. The maximum Gasteiger partial charge on any atom is 0.290 e. The highest BCUT2D eigenvalue weighted by Crippen LogP contribution is 2.26. The van der Waals surface area contributed by atoms with Crippen LogP contribution in [0.1, 0.15) is 16.1 Å². The Morgan fingerprint density at radius 2 is 1.90 bits per heavy atom. The van der Waals surface area contributed by atoms with E-state index in [2.05, 4.69) is 25.7 Å². The van der Waals surface area contributed by atoms with Crippen LogP contribution in [-0.2, 0) is 0 Å². The Bertz CT molecular complexity index is 641. The molecule has 1 heterocycles. The van der Waals surface area contributed by atoms with Crippen LogP contribution in [0.3, 0.4) is 0 Å². The van der Waals surface area contributed by atoms with Crippen LogP contribution >= 0.6 is 0 Å². The summed E-state index contributed by atoms with van der Waals surface area (Å²) in [5.41, 5.74) is 6.17. The van der Waals surface area contributed by atoms with Crippen molar-refractivity contribution in [3.63, 3.8) is 0 Å². The summed E-state index contributed by atoms with van der Waals surface area (Å²) >= 11 is 0. The highest BCUT2D eigenvalue weighted by atomic mass is 28.3. The first-order valence-corrected chi connectivity index (χ1v) is 9.96. The molecule has 1 amide bonds. The summed E-state index contributed by atoms with van der Waals surface area (Å²) in [5, 5.41) is 1.31. The average Bonchev–Trinajstić information content (AvgIpc) is 2.79. The molecule has 0 radical (unpaired) electrons. The lowest BCUT2D eigenvalue weighted by molar-refractivity contribution is 0.0969. The van der Waals surface area contributed by atoms with Crippen molar-refractivity contribution in [2.45, 2.75) is 26.6 Å². The monoisotopic (exact) mass is 289 g/mol. The number of hydrogen-bond donors (Lipinski definition) is 1. The molecule has 5 heteroatoms. The number of nitrogens with two attached hydrogens (primary N) is 1. The number of rotatable bonds is 4. The highest BCUT2D eigenvalue weighted by molar-refractivity contribution is 6.88. The van der Waals surface area contributed by atoms with Crippen LogP contribution in [0.4, 0.5) is 0 Å². The molecule has 2 rings (SSSR count). The van der Waals surface area contributed by atoms with Crippen LogP contribution in [0.2, 0.25) is 19.6 Å². The summed E-state index contributed by atoms with van der Waals surface area (Å²) in [6, 6.07) is 9.34. The molecule has 0 bridgehead atoms. The third kappa shape index (κ3) is 3.11. The lowest BCUT2D eigenvalue weighted by Crippen LogP contribution is -2.37. The van der Waals surface area contributed by atoms with Gasteiger partial charge in [-0.15, -0.1) is 0 Å². The van der Waals surface area contributed by atoms with Crippen molar-refractivity contribution < 1.29 is 13.9 Å². The third-order valence-electron chi connectivity index (χ3n) is 3.09. The Labute approximate surface area is 119 Å². The average molecular weight is 289 g/mol. The summed E-state index contributed by atoms with van der Waals surface area (Å²) in [7, 11) is -1.40. The van der Waals surface area contributed by atoms with Crippen molar-refractivity contribution in [2.75, 3.05) is 0 Å². The molecule has 2 N–H and O–H groups in total. The molecule has 0 aliphatic heterocycles. The van der Waals surface area contributed by atoms with Gasteiger partial charge in [0.15, 0.2) is 5.76 Å². The molecule has 0 fully saturated rings. The van der Waals surface area contributed by atoms with E-state index in [1.807, 2.05) is 19.1 Å². The molecule has 4 nitrogen and oxygen atoms in total. The Morgan fingerprint density at radius 3 is 2.45 bits per heavy atom. The number of carbonyl (C=O) groups excluding carboxylic acids is 1. The van der Waals surface area contributed by atoms with Gasteiger partial charge >= 0.3 is 0 Å². The fourth-order valence-electron chi connectivity index (χ4n) is 1.79. The molecule has 0 atom stereocenters. The van der Waals surface area contributed by atoms with Crippen molar-refractivity contribution in [2.24, 2.45) is 5.73 Å². The van der Waals surface area contributed by atoms with Gasteiger partial charge in [0.25, 0.3) is 11.9 Å². The normalized spacial score (nSPS) is 11.4. The number of primary amides is 1. The molecule has 20 heavy (non-hydrogen) atoms. The molecule has 1 aromatic heterocycles. The molecule has 0 aliphatic carbocycles. The largest absolute Gasteiger partial charge is 0.426 e. The maximum absolute atomic E-state index is 11.0. The second kappa shape index (κ2) is 5.17. The summed E-state index contributed by atoms with van der Waals surface area (Å²) in [6.07, 6.45) is 0. The summed E-state index contributed by atoms with van der Waals surface area (Å²) in [6.45, 7) is 8.81. The van der Waals surface area contributed by atoms with Gasteiger partial charge < -0.3 is 14.9 Å². The number of benzene rings is 1. The summed E-state index contributed by atoms with van der Waals surface area (Å²) in [5.74, 6) is 0.511. The summed E-state index contributed by atoms with van der Waals surface area (Å²) in [4.78, 5) is 11.0. The quantitative estimate of drug-likeness (QED) is 0.880. The van der Waals surface area contributed by atoms with Gasteiger partial charge in [-0.25, -0.2) is 0 Å². The standard InChI is InChI=1S/C15H19NO3Si/c1-10-5-6-11(20(2,3)4)9-13(10)19-14-8-7-12(18-14)15(16)17/h5-9H,1-4H3,(H2,16,17). The van der Waals surface area contributed by atoms with Gasteiger partial charge in [0.1, 0.15) is 5.75 Å². The van der Waals surface area contributed by atoms with Crippen LogP contribution in [0.15, 0.2) is 34.7 Å². The Morgan fingerprint density at radius 1 is 1.20 bits per heavy atom. The molecular formula is C15H19NO3Si. The van der Waals surface area contributed by atoms with Crippen molar-refractivity contribution in [1.82, 2.24) is 0 Å². The molecular weight excluding hydrogens is 270 g/mol. The van der Waals surface area contributed by atoms with Gasteiger partial charge in [-0.2, -0.15) is 0 Å². The van der Waals surface area contributed by atoms with E-state index in [9.17, 15) is 4.79 Å². The fourth-order valence-corrected chi connectivity index (χ4v) is 2.94. The smallest absolute Gasteiger partial charge is 0.290 e. The molecule has 106 valence electrons. The molecule has 0 unspecified atom stereocenters. The molecule has 0 saturated carbocycles. The van der Waals surface area contributed by atoms with Crippen molar-refractivity contribution in [3.05, 3.63) is 41.7 Å². The molecule has 1 aromatic carbocycles. The zero-order valence-electron chi connectivity index (χ0n) is 12.2. The number of amides is 1. The van der Waals surface area contributed by atoms with E-state index in [1.54, 1.807) is 6.07 Å². The van der Waals surface area contributed by atoms with E-state index >= 15 is 0 Å². The van der Waals surface area contributed by atoms with E-state index in [-0.39, 0.29) is 11.7 Å². The van der Waals surface area contributed by atoms with Gasteiger partial charge in [0.05, 0.1) is 8.07 Å². The summed E-state index contributed by atoms with van der Waals surface area (Å²) < 4.78 is 11.0. The van der Waals surface area contributed by atoms with Gasteiger partial charge in [0.2, 0.25) is 0 Å². The first kappa shape index (κ1) is 14.4. The Hall–Kier alpha value is -2.01. The molecule has 2 aromatic rings. The Balaban J connectivity index is 2.30. The minimum Gasteiger partial charge on any atom is -0.426 e. The number of carbonyl (C=O) groups is 1. The number of hydrogen-bond acceptors (Lipinski definition) is 3. The fraction of sp³-hybridized carbons (Fsp3) is 0.267. The number of furan rings is 1. The van der Waals surface area contributed by atoms with E-state index in [4.69, 9.17) is 14.9 Å². The van der Waals surface area contributed by atoms with Crippen LogP contribution in [0, 0.1) is 6.92 Å². The molecule has 0 aliphatic rings. The van der Waals surface area contributed by atoms with Crippen LogP contribution in [0.25, 0.3) is 0 Å². The first-order valence-electron chi connectivity index (χ1n) is 6.46. The number of ether oxygens (including phenoxy) is 1. The van der Waals surface area contributed by atoms with Crippen LogP contribution in [0.5, 0.6) is 11.7 Å². The topological polar surface area (TPSA) is 65.5 Å². The third-order valence-corrected chi connectivity index (χ3v) is 5.13.